The second-order valence-electron chi connectivity index (χ2n) is 9.25. The molecule has 0 radical (unpaired) electrons. The highest BCUT2D eigenvalue weighted by atomic mass is 16.5. The number of rotatable bonds is 10. The Labute approximate surface area is 206 Å². The Bertz CT molecular complexity index is 1140. The van der Waals surface area contributed by atoms with E-state index in [1.807, 2.05) is 13.0 Å². The lowest BCUT2D eigenvalue weighted by molar-refractivity contribution is -0.143. The zero-order valence-electron chi connectivity index (χ0n) is 21.1. The van der Waals surface area contributed by atoms with Gasteiger partial charge in [-0.25, -0.2) is 4.68 Å². The molecular formula is C26H35N5O4. The number of aliphatic carboxylic acids is 1. The molecule has 1 N–H and O–H groups in total. The predicted octanol–water partition coefficient (Wildman–Crippen LogP) is 4.36. The third kappa shape index (κ3) is 5.73. The van der Waals surface area contributed by atoms with Gasteiger partial charge in [-0.3, -0.25) is 4.79 Å². The second kappa shape index (κ2) is 11.0. The van der Waals surface area contributed by atoms with Gasteiger partial charge < -0.3 is 19.3 Å². The standard InChI is InChI=1S/C26H35N5O4/c1-5-13-34-23-16-22(28-31(23)6-2)25-27-24(29-35-25)20-14-17(3)21(18(4)15-20)9-12-30-10-7-19(8-11-30)26(32)33/h14-16,19H,5-13H2,1-4H3,(H,32,33). The zero-order valence-corrected chi connectivity index (χ0v) is 21.1. The van der Waals surface area contributed by atoms with Crippen LogP contribution in [0.4, 0.5) is 0 Å². The topological polar surface area (TPSA) is 107 Å². The molecule has 0 aliphatic carbocycles. The van der Waals surface area contributed by atoms with Crippen molar-refractivity contribution in [2.24, 2.45) is 5.92 Å². The first-order chi connectivity index (χ1) is 16.9. The molecular weight excluding hydrogens is 446 g/mol. The van der Waals surface area contributed by atoms with Gasteiger partial charge in [0.25, 0.3) is 5.89 Å². The van der Waals surface area contributed by atoms with Crippen LogP contribution in [0.25, 0.3) is 23.0 Å². The lowest BCUT2D eigenvalue weighted by Gasteiger charge is -2.30. The SMILES string of the molecule is CCCOc1cc(-c2nc(-c3cc(C)c(CCN4CCC(C(=O)O)CC4)c(C)c3)no2)nn1CC. The number of piperidine rings is 1. The second-order valence-corrected chi connectivity index (χ2v) is 9.25. The van der Waals surface area contributed by atoms with Gasteiger partial charge in [0, 0.05) is 24.7 Å². The van der Waals surface area contributed by atoms with Crippen molar-refractivity contribution >= 4 is 5.97 Å². The molecule has 0 unspecified atom stereocenters. The number of carbonyl (C=O) groups is 1. The summed E-state index contributed by atoms with van der Waals surface area (Å²) in [7, 11) is 0. The van der Waals surface area contributed by atoms with Gasteiger partial charge in [0.2, 0.25) is 11.7 Å². The fraction of sp³-hybridized carbons (Fsp3) is 0.538. The molecule has 9 nitrogen and oxygen atoms in total. The molecule has 2 aromatic heterocycles. The molecule has 1 aliphatic rings. The minimum Gasteiger partial charge on any atom is -0.481 e. The molecule has 1 fully saturated rings. The van der Waals surface area contributed by atoms with Crippen LogP contribution < -0.4 is 4.74 Å². The smallest absolute Gasteiger partial charge is 0.306 e. The molecule has 0 bridgehead atoms. The minimum atomic E-state index is -0.666. The van der Waals surface area contributed by atoms with E-state index >= 15 is 0 Å². The van der Waals surface area contributed by atoms with Crippen molar-refractivity contribution in [1.29, 1.82) is 0 Å². The Morgan fingerprint density at radius 2 is 1.89 bits per heavy atom. The number of likely N-dealkylation sites (tertiary alicyclic amines) is 1. The van der Waals surface area contributed by atoms with Gasteiger partial charge in [0.05, 0.1) is 12.5 Å². The van der Waals surface area contributed by atoms with Crippen molar-refractivity contribution in [3.8, 4) is 28.9 Å². The number of benzene rings is 1. The van der Waals surface area contributed by atoms with E-state index in [0.29, 0.717) is 36.4 Å². The van der Waals surface area contributed by atoms with Crippen LogP contribution in [0, 0.1) is 19.8 Å². The van der Waals surface area contributed by atoms with E-state index in [0.717, 1.165) is 50.9 Å². The number of nitrogens with zero attached hydrogens (tertiary/aromatic N) is 5. The van der Waals surface area contributed by atoms with Gasteiger partial charge in [-0.1, -0.05) is 12.1 Å². The van der Waals surface area contributed by atoms with Crippen LogP contribution in [0.15, 0.2) is 22.7 Å². The van der Waals surface area contributed by atoms with E-state index in [4.69, 9.17) is 9.26 Å². The van der Waals surface area contributed by atoms with E-state index in [-0.39, 0.29) is 5.92 Å². The third-order valence-electron chi connectivity index (χ3n) is 6.71. The highest BCUT2D eigenvalue weighted by Gasteiger charge is 2.24. The molecule has 3 heterocycles. The summed E-state index contributed by atoms with van der Waals surface area (Å²) >= 11 is 0. The summed E-state index contributed by atoms with van der Waals surface area (Å²) in [5, 5.41) is 18.0. The summed E-state index contributed by atoms with van der Waals surface area (Å²) in [6, 6.07) is 6.05. The Morgan fingerprint density at radius 3 is 2.51 bits per heavy atom. The van der Waals surface area contributed by atoms with Gasteiger partial charge in [-0.05, 0) is 88.4 Å². The fourth-order valence-electron chi connectivity index (χ4n) is 4.69. The number of hydrogen-bond donors (Lipinski definition) is 1. The number of ether oxygens (including phenoxy) is 1. The molecule has 3 aromatic rings. The van der Waals surface area contributed by atoms with Gasteiger partial charge in [0.1, 0.15) is 0 Å². The van der Waals surface area contributed by atoms with E-state index < -0.39 is 5.97 Å². The lowest BCUT2D eigenvalue weighted by atomic mass is 9.94. The number of aryl methyl sites for hydroxylation is 3. The largest absolute Gasteiger partial charge is 0.481 e. The summed E-state index contributed by atoms with van der Waals surface area (Å²) in [5.74, 6) is 0.751. The zero-order chi connectivity index (χ0) is 24.9. The van der Waals surface area contributed by atoms with Gasteiger partial charge in [0.15, 0.2) is 5.69 Å². The molecule has 9 heteroatoms. The first-order valence-electron chi connectivity index (χ1n) is 12.5. The summed E-state index contributed by atoms with van der Waals surface area (Å²) in [4.78, 5) is 18.2. The number of carboxylic acid groups (broad SMARTS) is 1. The van der Waals surface area contributed by atoms with Crippen LogP contribution in [0.5, 0.6) is 5.88 Å². The molecule has 0 amide bonds. The average molecular weight is 482 g/mol. The molecule has 1 saturated heterocycles. The third-order valence-corrected chi connectivity index (χ3v) is 6.71. The van der Waals surface area contributed by atoms with Crippen LogP contribution in [0.2, 0.25) is 0 Å². The first-order valence-corrected chi connectivity index (χ1v) is 12.5. The van der Waals surface area contributed by atoms with Crippen molar-refractivity contribution in [2.75, 3.05) is 26.2 Å². The summed E-state index contributed by atoms with van der Waals surface area (Å²) in [6.45, 7) is 12.3. The van der Waals surface area contributed by atoms with Crippen molar-refractivity contribution in [2.45, 2.75) is 59.9 Å². The van der Waals surface area contributed by atoms with Crippen LogP contribution >= 0.6 is 0 Å². The average Bonchev–Trinajstić information content (AvgIpc) is 3.49. The van der Waals surface area contributed by atoms with E-state index in [9.17, 15) is 9.90 Å². The molecule has 1 aromatic carbocycles. The molecule has 35 heavy (non-hydrogen) atoms. The Hall–Kier alpha value is -3.20. The van der Waals surface area contributed by atoms with Crippen LogP contribution in [0.1, 0.15) is 49.8 Å². The van der Waals surface area contributed by atoms with Gasteiger partial charge in [-0.15, -0.1) is 0 Å². The maximum absolute atomic E-state index is 11.2. The van der Waals surface area contributed by atoms with Crippen LogP contribution in [0.3, 0.4) is 0 Å². The summed E-state index contributed by atoms with van der Waals surface area (Å²) in [6.07, 6.45) is 3.32. The first kappa shape index (κ1) is 24.9. The molecule has 188 valence electrons. The quantitative estimate of drug-likeness (QED) is 0.455. The molecule has 4 rings (SSSR count). The minimum absolute atomic E-state index is 0.194. The lowest BCUT2D eigenvalue weighted by Crippen LogP contribution is -2.37. The Morgan fingerprint density at radius 1 is 1.17 bits per heavy atom. The predicted molar refractivity (Wildman–Crippen MR) is 132 cm³/mol. The number of aromatic nitrogens is 4. The monoisotopic (exact) mass is 481 g/mol. The Balaban J connectivity index is 1.45. The number of hydrogen-bond acceptors (Lipinski definition) is 7. The van der Waals surface area contributed by atoms with Crippen LogP contribution in [-0.4, -0.2) is 62.1 Å². The van der Waals surface area contributed by atoms with E-state index in [1.165, 1.54) is 16.7 Å². The number of carboxylic acids is 1. The highest BCUT2D eigenvalue weighted by Crippen LogP contribution is 2.28. The maximum Gasteiger partial charge on any atom is 0.306 e. The van der Waals surface area contributed by atoms with Crippen molar-refractivity contribution in [3.05, 3.63) is 34.9 Å². The van der Waals surface area contributed by atoms with Crippen molar-refractivity contribution in [3.63, 3.8) is 0 Å². The molecule has 0 atom stereocenters. The fourth-order valence-corrected chi connectivity index (χ4v) is 4.69. The molecule has 1 aliphatic heterocycles. The Kier molecular flexibility index (Phi) is 7.85. The highest BCUT2D eigenvalue weighted by molar-refractivity contribution is 5.70. The van der Waals surface area contributed by atoms with Crippen LogP contribution in [-0.2, 0) is 17.8 Å². The summed E-state index contributed by atoms with van der Waals surface area (Å²) < 4.78 is 13.1. The molecule has 0 spiro atoms. The van der Waals surface area contributed by atoms with E-state index in [2.05, 4.69) is 53.0 Å². The summed E-state index contributed by atoms with van der Waals surface area (Å²) in [5.41, 5.74) is 5.22. The normalized spacial score (nSPS) is 15.0. The maximum atomic E-state index is 11.2. The van der Waals surface area contributed by atoms with Gasteiger partial charge >= 0.3 is 5.97 Å². The molecule has 0 saturated carbocycles. The van der Waals surface area contributed by atoms with E-state index in [1.54, 1.807) is 4.68 Å². The van der Waals surface area contributed by atoms with Gasteiger partial charge in [-0.2, -0.15) is 10.1 Å². The van der Waals surface area contributed by atoms with Crippen molar-refractivity contribution < 1.29 is 19.2 Å². The van der Waals surface area contributed by atoms with Crippen molar-refractivity contribution in [1.82, 2.24) is 24.8 Å².